The molecular formula is C41H25N. The van der Waals surface area contributed by atoms with Crippen LogP contribution < -0.4 is 0 Å². The lowest BCUT2D eigenvalue weighted by molar-refractivity contribution is 0.774. The van der Waals surface area contributed by atoms with Gasteiger partial charge in [-0.3, -0.25) is 0 Å². The van der Waals surface area contributed by atoms with Crippen LogP contribution in [0.4, 0.5) is 0 Å². The fourth-order valence-corrected chi connectivity index (χ4v) is 8.24. The lowest BCUT2D eigenvalue weighted by atomic mass is 9.61. The minimum atomic E-state index is -0.402. The monoisotopic (exact) mass is 531 g/mol. The van der Waals surface area contributed by atoms with E-state index in [4.69, 9.17) is 0 Å². The Morgan fingerprint density at radius 2 is 1.10 bits per heavy atom. The van der Waals surface area contributed by atoms with E-state index >= 15 is 0 Å². The molecule has 1 heteroatoms. The van der Waals surface area contributed by atoms with Crippen LogP contribution in [0.1, 0.15) is 22.3 Å². The third kappa shape index (κ3) is 2.56. The molecule has 0 aliphatic heterocycles. The predicted octanol–water partition coefficient (Wildman–Crippen LogP) is 10.3. The third-order valence-corrected chi connectivity index (χ3v) is 9.78. The van der Waals surface area contributed by atoms with E-state index in [2.05, 4.69) is 156 Å². The Morgan fingerprint density at radius 3 is 1.93 bits per heavy atom. The average Bonchev–Trinajstić information content (AvgIpc) is 3.56. The van der Waals surface area contributed by atoms with Gasteiger partial charge in [0.1, 0.15) is 0 Å². The smallest absolute Gasteiger partial charge is 0.0726 e. The molecule has 1 nitrogen and oxygen atoms in total. The van der Waals surface area contributed by atoms with Crippen LogP contribution in [-0.2, 0) is 5.41 Å². The van der Waals surface area contributed by atoms with E-state index in [-0.39, 0.29) is 0 Å². The highest BCUT2D eigenvalue weighted by Crippen LogP contribution is 2.63. The Bertz CT molecular complexity index is 2410. The van der Waals surface area contributed by atoms with Crippen LogP contribution in [-0.4, -0.2) is 4.57 Å². The van der Waals surface area contributed by atoms with Crippen molar-refractivity contribution in [3.05, 3.63) is 174 Å². The van der Waals surface area contributed by atoms with Gasteiger partial charge in [-0.05, 0) is 85.6 Å². The molecule has 1 unspecified atom stereocenters. The first kappa shape index (κ1) is 22.3. The molecule has 0 radical (unpaired) electrons. The first-order valence-electron chi connectivity index (χ1n) is 14.7. The summed E-state index contributed by atoms with van der Waals surface area (Å²) in [4.78, 5) is 0. The number of benzene rings is 7. The van der Waals surface area contributed by atoms with Gasteiger partial charge in [0.2, 0.25) is 0 Å². The van der Waals surface area contributed by atoms with E-state index in [0.717, 1.165) is 0 Å². The maximum absolute atomic E-state index is 2.49. The molecule has 1 aromatic heterocycles. The third-order valence-electron chi connectivity index (χ3n) is 9.78. The van der Waals surface area contributed by atoms with E-state index in [1.807, 2.05) is 0 Å². The van der Waals surface area contributed by atoms with E-state index in [0.29, 0.717) is 0 Å². The van der Waals surface area contributed by atoms with Gasteiger partial charge in [0.05, 0.1) is 16.4 Å². The molecule has 0 saturated heterocycles. The fraction of sp³-hybridized carbons (Fsp3) is 0.0244. The zero-order chi connectivity index (χ0) is 27.4. The maximum atomic E-state index is 2.49. The van der Waals surface area contributed by atoms with Crippen molar-refractivity contribution in [3.63, 3.8) is 0 Å². The number of nitrogens with zero attached hydrogens (tertiary/aromatic N) is 1. The number of aromatic nitrogens is 1. The molecule has 2 aliphatic carbocycles. The summed E-state index contributed by atoms with van der Waals surface area (Å²) in [6.45, 7) is 0. The minimum Gasteiger partial charge on any atom is -0.309 e. The lowest BCUT2D eigenvalue weighted by Gasteiger charge is -2.39. The van der Waals surface area contributed by atoms with Crippen molar-refractivity contribution in [2.45, 2.75) is 5.41 Å². The number of fused-ring (bicyclic) bond motifs is 9. The number of rotatable bonds is 2. The van der Waals surface area contributed by atoms with Crippen molar-refractivity contribution in [1.29, 1.82) is 0 Å². The Balaban J connectivity index is 1.40. The van der Waals surface area contributed by atoms with Crippen molar-refractivity contribution in [2.75, 3.05) is 0 Å². The minimum absolute atomic E-state index is 0.402. The van der Waals surface area contributed by atoms with Crippen LogP contribution in [0.3, 0.4) is 0 Å². The molecule has 0 bridgehead atoms. The molecule has 0 saturated carbocycles. The normalized spacial score (nSPS) is 16.2. The molecule has 8 aromatic rings. The van der Waals surface area contributed by atoms with Crippen LogP contribution >= 0.6 is 0 Å². The Morgan fingerprint density at radius 1 is 0.429 bits per heavy atom. The molecule has 1 heterocycles. The van der Waals surface area contributed by atoms with E-state index < -0.39 is 5.41 Å². The number of para-hydroxylation sites is 2. The maximum Gasteiger partial charge on any atom is 0.0726 e. The average molecular weight is 532 g/mol. The van der Waals surface area contributed by atoms with Crippen LogP contribution in [0.25, 0.3) is 60.5 Å². The topological polar surface area (TPSA) is 4.93 Å². The first-order valence-corrected chi connectivity index (χ1v) is 14.7. The summed E-state index contributed by atoms with van der Waals surface area (Å²) in [7, 11) is 0. The fourth-order valence-electron chi connectivity index (χ4n) is 8.24. The van der Waals surface area contributed by atoms with Crippen LogP contribution in [0.15, 0.2) is 152 Å². The molecule has 1 atom stereocenters. The molecule has 7 aromatic carbocycles. The standard InChI is InChI=1S/C41H25N/c1-2-12-28(13-3-1)42-37-20-9-6-16-31(37)34-25-27(22-24-38(34)42)41-35-18-7-4-14-29(35)32-17-10-11-26-21-23-33(40(41)39(26)32)30-15-5-8-19-36(30)41/h1-25H. The molecule has 42 heavy (non-hydrogen) atoms. The number of hydrogen-bond donors (Lipinski definition) is 0. The first-order chi connectivity index (χ1) is 20.9. The molecule has 0 spiro atoms. The molecule has 0 amide bonds. The van der Waals surface area contributed by atoms with Gasteiger partial charge in [-0.1, -0.05) is 121 Å². The van der Waals surface area contributed by atoms with Crippen LogP contribution in [0, 0.1) is 0 Å². The summed E-state index contributed by atoms with van der Waals surface area (Å²) < 4.78 is 2.41. The zero-order valence-corrected chi connectivity index (χ0v) is 22.9. The quantitative estimate of drug-likeness (QED) is 0.209. The van der Waals surface area contributed by atoms with Crippen molar-refractivity contribution in [3.8, 4) is 27.9 Å². The van der Waals surface area contributed by atoms with Crippen molar-refractivity contribution in [2.24, 2.45) is 0 Å². The zero-order valence-electron chi connectivity index (χ0n) is 22.9. The predicted molar refractivity (Wildman–Crippen MR) is 175 cm³/mol. The SMILES string of the molecule is c1ccc(-n2c3ccccc3c3cc(C45c6ccccc6-c6ccc7cccc(c7c64)-c4ccccc45)ccc32)cc1. The second kappa shape index (κ2) is 7.87. The molecule has 194 valence electrons. The second-order valence-electron chi connectivity index (χ2n) is 11.7. The Hall–Kier alpha value is -5.40. The van der Waals surface area contributed by atoms with E-state index in [1.54, 1.807) is 0 Å². The summed E-state index contributed by atoms with van der Waals surface area (Å²) in [5.41, 5.74) is 14.1. The van der Waals surface area contributed by atoms with Gasteiger partial charge in [0.25, 0.3) is 0 Å². The molecule has 10 rings (SSSR count). The summed E-state index contributed by atoms with van der Waals surface area (Å²) in [5, 5.41) is 5.26. The van der Waals surface area contributed by atoms with Crippen molar-refractivity contribution < 1.29 is 0 Å². The van der Waals surface area contributed by atoms with Gasteiger partial charge in [-0.15, -0.1) is 0 Å². The molecule has 0 fully saturated rings. The van der Waals surface area contributed by atoms with Gasteiger partial charge in [0, 0.05) is 16.5 Å². The molecule has 0 N–H and O–H groups in total. The van der Waals surface area contributed by atoms with Crippen LogP contribution in [0.5, 0.6) is 0 Å². The van der Waals surface area contributed by atoms with Crippen molar-refractivity contribution in [1.82, 2.24) is 4.57 Å². The van der Waals surface area contributed by atoms with Gasteiger partial charge in [-0.25, -0.2) is 0 Å². The Kier molecular flexibility index (Phi) is 4.18. The van der Waals surface area contributed by atoms with Gasteiger partial charge < -0.3 is 4.57 Å². The highest BCUT2D eigenvalue weighted by Gasteiger charge is 2.50. The summed E-state index contributed by atoms with van der Waals surface area (Å²) in [6, 6.07) is 56.5. The van der Waals surface area contributed by atoms with E-state index in [9.17, 15) is 0 Å². The summed E-state index contributed by atoms with van der Waals surface area (Å²) in [6.07, 6.45) is 0. The van der Waals surface area contributed by atoms with Gasteiger partial charge >= 0.3 is 0 Å². The second-order valence-corrected chi connectivity index (χ2v) is 11.7. The van der Waals surface area contributed by atoms with Crippen molar-refractivity contribution >= 4 is 32.6 Å². The van der Waals surface area contributed by atoms with Crippen LogP contribution in [0.2, 0.25) is 0 Å². The highest BCUT2D eigenvalue weighted by molar-refractivity contribution is 6.13. The highest BCUT2D eigenvalue weighted by atomic mass is 15.0. The lowest BCUT2D eigenvalue weighted by Crippen LogP contribution is -2.31. The summed E-state index contributed by atoms with van der Waals surface area (Å²) >= 11 is 0. The van der Waals surface area contributed by atoms with Gasteiger partial charge in [-0.2, -0.15) is 0 Å². The molecular weight excluding hydrogens is 506 g/mol. The Labute approximate surface area is 243 Å². The largest absolute Gasteiger partial charge is 0.309 e. The van der Waals surface area contributed by atoms with E-state index in [1.165, 1.54) is 82.8 Å². The van der Waals surface area contributed by atoms with Gasteiger partial charge in [0.15, 0.2) is 0 Å². The number of hydrogen-bond acceptors (Lipinski definition) is 0. The molecule has 2 aliphatic rings. The summed E-state index contributed by atoms with van der Waals surface area (Å²) in [5.74, 6) is 0.